The summed E-state index contributed by atoms with van der Waals surface area (Å²) < 4.78 is 5.36. The minimum atomic E-state index is 0.602. The lowest BCUT2D eigenvalue weighted by Crippen LogP contribution is -1.93. The van der Waals surface area contributed by atoms with E-state index in [0.29, 0.717) is 12.1 Å². The van der Waals surface area contributed by atoms with Crippen LogP contribution < -0.4 is 10.1 Å². The van der Waals surface area contributed by atoms with Crippen LogP contribution in [0.3, 0.4) is 0 Å². The second-order valence-electron chi connectivity index (χ2n) is 3.41. The highest BCUT2D eigenvalue weighted by atomic mass is 16.5. The topological polar surface area (TPSA) is 67.0 Å². The summed E-state index contributed by atoms with van der Waals surface area (Å²) in [6.45, 7) is 2.91. The SMILES string of the molecule is CCCOc1ccccc1.O=CNc1cn[nH]c1. The molecule has 0 aliphatic carbocycles. The smallest absolute Gasteiger partial charge is 0.211 e. The number of aromatic amines is 1. The summed E-state index contributed by atoms with van der Waals surface area (Å²) in [5.41, 5.74) is 0.681. The van der Waals surface area contributed by atoms with Crippen LogP contribution in [0.25, 0.3) is 0 Å². The molecule has 0 saturated carbocycles. The molecule has 0 bridgehead atoms. The van der Waals surface area contributed by atoms with Crippen LogP contribution >= 0.6 is 0 Å². The van der Waals surface area contributed by atoms with Crippen molar-refractivity contribution in [2.75, 3.05) is 11.9 Å². The number of rotatable bonds is 5. The second-order valence-corrected chi connectivity index (χ2v) is 3.41. The third-order valence-corrected chi connectivity index (χ3v) is 1.94. The van der Waals surface area contributed by atoms with Gasteiger partial charge in [-0.2, -0.15) is 5.10 Å². The van der Waals surface area contributed by atoms with Gasteiger partial charge in [-0.1, -0.05) is 25.1 Å². The van der Waals surface area contributed by atoms with Gasteiger partial charge in [-0.25, -0.2) is 0 Å². The van der Waals surface area contributed by atoms with Gasteiger partial charge < -0.3 is 10.1 Å². The van der Waals surface area contributed by atoms with Gasteiger partial charge in [0.05, 0.1) is 18.5 Å². The molecule has 0 aliphatic heterocycles. The largest absolute Gasteiger partial charge is 0.494 e. The van der Waals surface area contributed by atoms with Gasteiger partial charge in [0.15, 0.2) is 0 Å². The Hall–Kier alpha value is -2.30. The fourth-order valence-corrected chi connectivity index (χ4v) is 1.13. The third kappa shape index (κ3) is 5.69. The van der Waals surface area contributed by atoms with Crippen molar-refractivity contribution >= 4 is 12.1 Å². The average molecular weight is 247 g/mol. The Balaban J connectivity index is 0.000000184. The van der Waals surface area contributed by atoms with Gasteiger partial charge in [0, 0.05) is 6.20 Å². The van der Waals surface area contributed by atoms with Crippen molar-refractivity contribution in [3.05, 3.63) is 42.7 Å². The number of nitrogens with one attached hydrogen (secondary N) is 2. The highest BCUT2D eigenvalue weighted by Crippen LogP contribution is 2.07. The van der Waals surface area contributed by atoms with Gasteiger partial charge in [0.25, 0.3) is 0 Å². The standard InChI is InChI=1S/C9H12O.C4H5N3O/c1-2-8-10-9-6-4-3-5-7-9;8-3-5-4-1-6-7-2-4/h3-7H,2,8H2,1H3;1-3H,(H,5,8)(H,6,7). The summed E-state index contributed by atoms with van der Waals surface area (Å²) in [4.78, 5) is 9.72. The number of para-hydroxylation sites is 1. The van der Waals surface area contributed by atoms with Crippen LogP contribution in [0, 0.1) is 0 Å². The van der Waals surface area contributed by atoms with Crippen LogP contribution in [0.2, 0.25) is 0 Å². The molecule has 0 atom stereocenters. The molecule has 18 heavy (non-hydrogen) atoms. The molecule has 2 rings (SSSR count). The normalized spacial score (nSPS) is 8.94. The molecule has 96 valence electrons. The molecular weight excluding hydrogens is 230 g/mol. The summed E-state index contributed by atoms with van der Waals surface area (Å²) >= 11 is 0. The molecule has 1 heterocycles. The van der Waals surface area contributed by atoms with E-state index < -0.39 is 0 Å². The maximum Gasteiger partial charge on any atom is 0.211 e. The first kappa shape index (κ1) is 13.8. The molecule has 2 N–H and O–H groups in total. The molecule has 1 aromatic heterocycles. The van der Waals surface area contributed by atoms with E-state index in [2.05, 4.69) is 22.4 Å². The summed E-state index contributed by atoms with van der Waals surface area (Å²) in [5, 5.41) is 8.55. The Labute approximate surface area is 106 Å². The first-order chi connectivity index (χ1) is 8.86. The Morgan fingerprint density at radius 3 is 2.72 bits per heavy atom. The maximum absolute atomic E-state index is 9.72. The van der Waals surface area contributed by atoms with E-state index in [0.717, 1.165) is 18.8 Å². The van der Waals surface area contributed by atoms with E-state index in [1.807, 2.05) is 30.3 Å². The van der Waals surface area contributed by atoms with Gasteiger partial charge in [0.1, 0.15) is 5.75 Å². The van der Waals surface area contributed by atoms with E-state index in [1.54, 1.807) is 6.20 Å². The lowest BCUT2D eigenvalue weighted by Gasteiger charge is -2.01. The highest BCUT2D eigenvalue weighted by molar-refractivity contribution is 5.69. The van der Waals surface area contributed by atoms with Crippen molar-refractivity contribution < 1.29 is 9.53 Å². The van der Waals surface area contributed by atoms with Crippen molar-refractivity contribution in [2.45, 2.75) is 13.3 Å². The molecular formula is C13H17N3O2. The zero-order valence-corrected chi connectivity index (χ0v) is 10.3. The zero-order valence-electron chi connectivity index (χ0n) is 10.3. The molecule has 0 fully saturated rings. The number of nitrogens with zero attached hydrogens (tertiary/aromatic N) is 1. The number of amides is 1. The maximum atomic E-state index is 9.72. The molecule has 5 nitrogen and oxygen atoms in total. The number of hydrogen-bond acceptors (Lipinski definition) is 3. The first-order valence-electron chi connectivity index (χ1n) is 5.73. The van der Waals surface area contributed by atoms with Crippen molar-refractivity contribution in [1.29, 1.82) is 0 Å². The Morgan fingerprint density at radius 1 is 1.39 bits per heavy atom. The minimum Gasteiger partial charge on any atom is -0.494 e. The Morgan fingerprint density at radius 2 is 2.17 bits per heavy atom. The van der Waals surface area contributed by atoms with Gasteiger partial charge >= 0.3 is 0 Å². The summed E-state index contributed by atoms with van der Waals surface area (Å²) in [6.07, 6.45) is 4.78. The van der Waals surface area contributed by atoms with Crippen molar-refractivity contribution in [2.24, 2.45) is 0 Å². The molecule has 0 aliphatic rings. The molecule has 0 spiro atoms. The van der Waals surface area contributed by atoms with Gasteiger partial charge in [0.2, 0.25) is 6.41 Å². The van der Waals surface area contributed by atoms with Crippen molar-refractivity contribution in [1.82, 2.24) is 10.2 Å². The van der Waals surface area contributed by atoms with Crippen LogP contribution in [0.1, 0.15) is 13.3 Å². The third-order valence-electron chi connectivity index (χ3n) is 1.94. The average Bonchev–Trinajstić information content (AvgIpc) is 2.92. The number of H-pyrrole nitrogens is 1. The fourth-order valence-electron chi connectivity index (χ4n) is 1.13. The number of aromatic nitrogens is 2. The number of carbonyl (C=O) groups excluding carboxylic acids is 1. The van der Waals surface area contributed by atoms with Gasteiger partial charge in [-0.3, -0.25) is 9.89 Å². The van der Waals surface area contributed by atoms with Crippen LogP contribution in [0.5, 0.6) is 5.75 Å². The van der Waals surface area contributed by atoms with E-state index in [-0.39, 0.29) is 0 Å². The number of anilines is 1. The molecule has 0 saturated heterocycles. The monoisotopic (exact) mass is 247 g/mol. The number of carbonyl (C=O) groups is 1. The lowest BCUT2D eigenvalue weighted by molar-refractivity contribution is -0.105. The van der Waals surface area contributed by atoms with Gasteiger partial charge in [-0.15, -0.1) is 0 Å². The van der Waals surface area contributed by atoms with E-state index >= 15 is 0 Å². The Bertz CT molecular complexity index is 415. The summed E-state index contributed by atoms with van der Waals surface area (Å²) in [7, 11) is 0. The lowest BCUT2D eigenvalue weighted by atomic mass is 10.3. The van der Waals surface area contributed by atoms with Crippen LogP contribution in [0.15, 0.2) is 42.7 Å². The zero-order chi connectivity index (χ0) is 13.1. The highest BCUT2D eigenvalue weighted by Gasteiger charge is 1.86. The predicted molar refractivity (Wildman–Crippen MR) is 70.5 cm³/mol. The summed E-state index contributed by atoms with van der Waals surface area (Å²) in [6, 6.07) is 9.88. The summed E-state index contributed by atoms with van der Waals surface area (Å²) in [5.74, 6) is 0.962. The van der Waals surface area contributed by atoms with E-state index in [9.17, 15) is 4.79 Å². The minimum absolute atomic E-state index is 0.602. The number of ether oxygens (including phenoxy) is 1. The van der Waals surface area contributed by atoms with E-state index in [1.165, 1.54) is 6.20 Å². The van der Waals surface area contributed by atoms with Crippen LogP contribution in [-0.2, 0) is 4.79 Å². The molecule has 2 aromatic rings. The fraction of sp³-hybridized carbons (Fsp3) is 0.231. The van der Waals surface area contributed by atoms with Crippen molar-refractivity contribution in [3.63, 3.8) is 0 Å². The quantitative estimate of drug-likeness (QED) is 0.797. The molecule has 0 unspecified atom stereocenters. The van der Waals surface area contributed by atoms with E-state index in [4.69, 9.17) is 4.74 Å². The van der Waals surface area contributed by atoms with Crippen LogP contribution in [-0.4, -0.2) is 23.2 Å². The number of hydrogen-bond donors (Lipinski definition) is 2. The molecule has 5 heteroatoms. The van der Waals surface area contributed by atoms with Gasteiger partial charge in [-0.05, 0) is 18.6 Å². The molecule has 0 radical (unpaired) electrons. The number of benzene rings is 1. The second kappa shape index (κ2) is 8.81. The van der Waals surface area contributed by atoms with Crippen LogP contribution in [0.4, 0.5) is 5.69 Å². The molecule has 1 amide bonds. The Kier molecular flexibility index (Phi) is 6.73. The van der Waals surface area contributed by atoms with Crippen molar-refractivity contribution in [3.8, 4) is 5.75 Å². The molecule has 1 aromatic carbocycles. The predicted octanol–water partition coefficient (Wildman–Crippen LogP) is 2.45. The first-order valence-corrected chi connectivity index (χ1v) is 5.73.